The molecule has 0 aromatic heterocycles. The topological polar surface area (TPSA) is 68.2 Å². The molecule has 6 nitrogen and oxygen atoms in total. The van der Waals surface area contributed by atoms with Crippen molar-refractivity contribution in [2.45, 2.75) is 78.8 Å². The average molecular weight is 439 g/mol. The lowest BCUT2D eigenvalue weighted by Crippen LogP contribution is -2.34. The van der Waals surface area contributed by atoms with E-state index in [1.54, 1.807) is 0 Å². The van der Waals surface area contributed by atoms with Gasteiger partial charge < -0.3 is 18.9 Å². The highest BCUT2D eigenvalue weighted by molar-refractivity contribution is 5.58. The van der Waals surface area contributed by atoms with Gasteiger partial charge in [-0.15, -0.1) is 10.2 Å². The summed E-state index contributed by atoms with van der Waals surface area (Å²) < 4.78 is 23.2. The van der Waals surface area contributed by atoms with Gasteiger partial charge in [-0.2, -0.15) is 0 Å². The Hall–Kier alpha value is -2.44. The van der Waals surface area contributed by atoms with Crippen molar-refractivity contribution in [2.24, 2.45) is 10.2 Å². The molecule has 0 saturated carbocycles. The predicted molar refractivity (Wildman–Crippen MR) is 125 cm³/mol. The number of hydrogen-bond donors (Lipinski definition) is 0. The van der Waals surface area contributed by atoms with E-state index >= 15 is 0 Å². The molecule has 2 aromatic rings. The van der Waals surface area contributed by atoms with Crippen LogP contribution >= 0.6 is 0 Å². The fraction of sp³-hybridized carbons (Fsp3) is 0.538. The molecule has 2 aromatic carbocycles. The maximum atomic E-state index is 6.20. The van der Waals surface area contributed by atoms with Crippen molar-refractivity contribution in [3.05, 3.63) is 46.5 Å². The summed E-state index contributed by atoms with van der Waals surface area (Å²) in [5.41, 5.74) is 5.14. The van der Waals surface area contributed by atoms with Crippen LogP contribution in [0, 0.1) is 27.7 Å². The molecule has 172 valence electrons. The van der Waals surface area contributed by atoms with Crippen LogP contribution in [-0.4, -0.2) is 36.6 Å². The zero-order chi connectivity index (χ0) is 23.3. The number of azo groups is 1. The molecule has 4 rings (SSSR count). The Labute approximate surface area is 190 Å². The first-order valence-corrected chi connectivity index (χ1v) is 11.2. The molecular formula is C26H34N2O4. The molecule has 2 fully saturated rings. The minimum atomic E-state index is -0.347. The third kappa shape index (κ3) is 4.97. The molecule has 0 radical (unpaired) electrons. The standard InChI is InChI=1S/C26H34N2O4/c1-15-9-19(31-25(5,6)21-13-29-21)10-16(2)23(15)27-28-24-17(3)11-20(12-18(24)4)32-26(7,8)22-14-30-22/h9-12,21-22H,13-14H2,1-8H3/b28-27-. The van der Waals surface area contributed by atoms with E-state index < -0.39 is 0 Å². The van der Waals surface area contributed by atoms with Crippen LogP contribution in [0.15, 0.2) is 34.5 Å². The Bertz CT molecular complexity index is 920. The SMILES string of the molecule is Cc1cc(OC(C)(C)C2CO2)cc(C)c1/N=N\c1c(C)cc(OC(C)(C)C2CO2)cc1C. The van der Waals surface area contributed by atoms with Gasteiger partial charge in [0.15, 0.2) is 0 Å². The third-order valence-electron chi connectivity index (χ3n) is 6.16. The van der Waals surface area contributed by atoms with Crippen LogP contribution in [-0.2, 0) is 9.47 Å². The Morgan fingerprint density at radius 3 is 1.19 bits per heavy atom. The first-order chi connectivity index (χ1) is 15.0. The second-order valence-electron chi connectivity index (χ2n) is 10.1. The van der Waals surface area contributed by atoms with Gasteiger partial charge in [0.2, 0.25) is 0 Å². The van der Waals surface area contributed by atoms with E-state index in [0.29, 0.717) is 0 Å². The Balaban J connectivity index is 1.53. The second-order valence-corrected chi connectivity index (χ2v) is 10.1. The van der Waals surface area contributed by atoms with Crippen LogP contribution < -0.4 is 9.47 Å². The van der Waals surface area contributed by atoms with Gasteiger partial charge in [-0.1, -0.05) is 0 Å². The fourth-order valence-corrected chi connectivity index (χ4v) is 4.00. The molecule has 0 amide bonds. The molecule has 32 heavy (non-hydrogen) atoms. The van der Waals surface area contributed by atoms with Crippen LogP contribution in [0.25, 0.3) is 0 Å². The molecule has 2 atom stereocenters. The Morgan fingerprint density at radius 1 is 0.656 bits per heavy atom. The minimum Gasteiger partial charge on any atom is -0.485 e. The Morgan fingerprint density at radius 2 is 0.938 bits per heavy atom. The van der Waals surface area contributed by atoms with E-state index in [1.807, 2.05) is 52.0 Å². The molecule has 2 unspecified atom stereocenters. The lowest BCUT2D eigenvalue weighted by Gasteiger charge is -2.25. The quantitative estimate of drug-likeness (QED) is 0.351. The highest BCUT2D eigenvalue weighted by Gasteiger charge is 2.42. The molecule has 0 bridgehead atoms. The number of rotatable bonds is 8. The zero-order valence-corrected chi connectivity index (χ0v) is 20.4. The van der Waals surface area contributed by atoms with Gasteiger partial charge in [0.1, 0.15) is 34.9 Å². The molecule has 2 aliphatic heterocycles. The summed E-state index contributed by atoms with van der Waals surface area (Å²) in [6, 6.07) is 8.07. The van der Waals surface area contributed by atoms with Gasteiger partial charge in [-0.05, 0) is 102 Å². The van der Waals surface area contributed by atoms with Crippen LogP contribution in [0.5, 0.6) is 11.5 Å². The number of nitrogens with zero attached hydrogens (tertiary/aromatic N) is 2. The van der Waals surface area contributed by atoms with Crippen LogP contribution in [0.2, 0.25) is 0 Å². The zero-order valence-electron chi connectivity index (χ0n) is 20.4. The number of epoxide rings is 2. The van der Waals surface area contributed by atoms with E-state index in [9.17, 15) is 0 Å². The number of benzene rings is 2. The molecule has 0 aliphatic carbocycles. The van der Waals surface area contributed by atoms with Crippen molar-refractivity contribution in [1.82, 2.24) is 0 Å². The first-order valence-electron chi connectivity index (χ1n) is 11.2. The first kappa shape index (κ1) is 22.7. The maximum absolute atomic E-state index is 6.20. The molecule has 2 aliphatic rings. The van der Waals surface area contributed by atoms with Crippen molar-refractivity contribution in [2.75, 3.05) is 13.2 Å². The largest absolute Gasteiger partial charge is 0.485 e. The summed E-state index contributed by atoms with van der Waals surface area (Å²) in [4.78, 5) is 0. The van der Waals surface area contributed by atoms with E-state index in [-0.39, 0.29) is 23.4 Å². The second kappa shape index (κ2) is 8.16. The van der Waals surface area contributed by atoms with Crippen molar-refractivity contribution in [3.63, 3.8) is 0 Å². The molecule has 2 heterocycles. The van der Waals surface area contributed by atoms with Crippen molar-refractivity contribution in [1.29, 1.82) is 0 Å². The minimum absolute atomic E-state index is 0.155. The third-order valence-corrected chi connectivity index (χ3v) is 6.16. The van der Waals surface area contributed by atoms with Crippen molar-refractivity contribution >= 4 is 11.4 Å². The summed E-state index contributed by atoms with van der Waals surface area (Å²) >= 11 is 0. The van der Waals surface area contributed by atoms with E-state index in [4.69, 9.17) is 18.9 Å². The van der Waals surface area contributed by atoms with Crippen molar-refractivity contribution in [3.8, 4) is 11.5 Å². The molecular weight excluding hydrogens is 404 g/mol. The molecule has 0 N–H and O–H groups in total. The predicted octanol–water partition coefficient (Wildman–Crippen LogP) is 6.45. The highest BCUT2D eigenvalue weighted by Crippen LogP contribution is 2.37. The lowest BCUT2D eigenvalue weighted by atomic mass is 10.0. The van der Waals surface area contributed by atoms with Gasteiger partial charge in [0, 0.05) is 0 Å². The van der Waals surface area contributed by atoms with Crippen LogP contribution in [0.1, 0.15) is 49.9 Å². The summed E-state index contributed by atoms with van der Waals surface area (Å²) in [6.45, 7) is 17.9. The Kier molecular flexibility index (Phi) is 5.80. The van der Waals surface area contributed by atoms with Gasteiger partial charge >= 0.3 is 0 Å². The van der Waals surface area contributed by atoms with Crippen LogP contribution in [0.4, 0.5) is 11.4 Å². The van der Waals surface area contributed by atoms with Gasteiger partial charge in [0.05, 0.1) is 24.6 Å². The number of ether oxygens (including phenoxy) is 4. The highest BCUT2D eigenvalue weighted by atomic mass is 16.6. The summed E-state index contributed by atoms with van der Waals surface area (Å²) in [5.74, 6) is 1.66. The average Bonchev–Trinajstić information content (AvgIpc) is 3.54. The summed E-state index contributed by atoms with van der Waals surface area (Å²) in [6.07, 6.45) is 0.311. The smallest absolute Gasteiger partial charge is 0.132 e. The fourth-order valence-electron chi connectivity index (χ4n) is 4.00. The normalized spacial score (nSPS) is 20.5. The van der Waals surface area contributed by atoms with Gasteiger partial charge in [-0.3, -0.25) is 0 Å². The van der Waals surface area contributed by atoms with Crippen LogP contribution in [0.3, 0.4) is 0 Å². The van der Waals surface area contributed by atoms with Gasteiger partial charge in [-0.25, -0.2) is 0 Å². The summed E-state index contributed by atoms with van der Waals surface area (Å²) in [5, 5.41) is 9.22. The number of hydrogen-bond acceptors (Lipinski definition) is 6. The monoisotopic (exact) mass is 438 g/mol. The number of aryl methyl sites for hydroxylation is 4. The lowest BCUT2D eigenvalue weighted by molar-refractivity contribution is 0.0741. The van der Waals surface area contributed by atoms with Crippen molar-refractivity contribution < 1.29 is 18.9 Å². The van der Waals surface area contributed by atoms with Gasteiger partial charge in [0.25, 0.3) is 0 Å². The molecule has 6 heteroatoms. The van der Waals surface area contributed by atoms with E-state index in [2.05, 4.69) is 37.9 Å². The molecule has 2 saturated heterocycles. The van der Waals surface area contributed by atoms with E-state index in [1.165, 1.54) is 0 Å². The summed E-state index contributed by atoms with van der Waals surface area (Å²) in [7, 11) is 0. The molecule has 0 spiro atoms. The maximum Gasteiger partial charge on any atom is 0.132 e. The van der Waals surface area contributed by atoms with E-state index in [0.717, 1.165) is 58.3 Å².